The number of rotatable bonds is 5. The van der Waals surface area contributed by atoms with E-state index in [4.69, 9.17) is 5.73 Å². The van der Waals surface area contributed by atoms with Crippen molar-refractivity contribution in [1.29, 1.82) is 0 Å². The number of nitrogens with zero attached hydrogens (tertiary/aromatic N) is 1. The van der Waals surface area contributed by atoms with Crippen molar-refractivity contribution >= 4 is 15.9 Å². The van der Waals surface area contributed by atoms with Gasteiger partial charge in [-0.2, -0.15) is 0 Å². The Kier molecular flexibility index (Phi) is 6.00. The second-order valence-electron chi connectivity index (χ2n) is 5.59. The molecule has 0 bridgehead atoms. The van der Waals surface area contributed by atoms with E-state index in [-0.39, 0.29) is 11.9 Å². The zero-order chi connectivity index (χ0) is 14.5. The molecule has 2 unspecified atom stereocenters. The van der Waals surface area contributed by atoms with Gasteiger partial charge in [0, 0.05) is 22.6 Å². The first-order chi connectivity index (χ1) is 9.67. The highest BCUT2D eigenvalue weighted by atomic mass is 79.9. The molecule has 0 radical (unpaired) electrons. The van der Waals surface area contributed by atoms with Gasteiger partial charge in [0.2, 0.25) is 0 Å². The highest BCUT2D eigenvalue weighted by Gasteiger charge is 2.30. The average molecular weight is 343 g/mol. The van der Waals surface area contributed by atoms with E-state index < -0.39 is 0 Å². The maximum absolute atomic E-state index is 14.2. The summed E-state index contributed by atoms with van der Waals surface area (Å²) < 4.78 is 15.1. The van der Waals surface area contributed by atoms with Gasteiger partial charge in [-0.3, -0.25) is 4.90 Å². The first kappa shape index (κ1) is 15.9. The molecule has 1 heterocycles. The minimum Gasteiger partial charge on any atom is -0.329 e. The Morgan fingerprint density at radius 3 is 2.95 bits per heavy atom. The van der Waals surface area contributed by atoms with Crippen molar-refractivity contribution in [2.75, 3.05) is 13.1 Å². The summed E-state index contributed by atoms with van der Waals surface area (Å²) in [5, 5.41) is 0. The molecule has 2 rings (SSSR count). The van der Waals surface area contributed by atoms with Gasteiger partial charge in [0.1, 0.15) is 5.82 Å². The van der Waals surface area contributed by atoms with Crippen molar-refractivity contribution < 1.29 is 4.39 Å². The lowest BCUT2D eigenvalue weighted by atomic mass is 9.93. The lowest BCUT2D eigenvalue weighted by Crippen LogP contribution is -2.44. The SMILES string of the molecule is CCCC1CCCCN1C(CN)c1cc(Br)ccc1F. The van der Waals surface area contributed by atoms with Gasteiger partial charge >= 0.3 is 0 Å². The summed E-state index contributed by atoms with van der Waals surface area (Å²) in [6, 6.07) is 5.68. The largest absolute Gasteiger partial charge is 0.329 e. The number of halogens is 2. The maximum Gasteiger partial charge on any atom is 0.128 e. The highest BCUT2D eigenvalue weighted by Crippen LogP contribution is 2.32. The van der Waals surface area contributed by atoms with Gasteiger partial charge in [-0.05, 0) is 44.0 Å². The Labute approximate surface area is 129 Å². The minimum atomic E-state index is -0.149. The van der Waals surface area contributed by atoms with Crippen LogP contribution in [0.2, 0.25) is 0 Å². The number of likely N-dealkylation sites (tertiary alicyclic amines) is 1. The van der Waals surface area contributed by atoms with Crippen LogP contribution in [0.15, 0.2) is 22.7 Å². The summed E-state index contributed by atoms with van der Waals surface area (Å²) in [6.07, 6.45) is 6.01. The van der Waals surface area contributed by atoms with Crippen LogP contribution in [0, 0.1) is 5.82 Å². The second-order valence-corrected chi connectivity index (χ2v) is 6.51. The molecule has 2 atom stereocenters. The van der Waals surface area contributed by atoms with E-state index in [2.05, 4.69) is 27.8 Å². The molecule has 1 aliphatic heterocycles. The molecular formula is C16H24BrFN2. The molecule has 0 amide bonds. The summed E-state index contributed by atoms with van der Waals surface area (Å²) in [7, 11) is 0. The van der Waals surface area contributed by atoms with Gasteiger partial charge < -0.3 is 5.73 Å². The van der Waals surface area contributed by atoms with Crippen LogP contribution in [0.3, 0.4) is 0 Å². The molecule has 0 spiro atoms. The molecule has 1 fully saturated rings. The van der Waals surface area contributed by atoms with Crippen molar-refractivity contribution in [3.8, 4) is 0 Å². The van der Waals surface area contributed by atoms with Crippen LogP contribution < -0.4 is 5.73 Å². The van der Waals surface area contributed by atoms with Crippen LogP contribution >= 0.6 is 15.9 Å². The first-order valence-electron chi connectivity index (χ1n) is 7.58. The molecule has 0 aliphatic carbocycles. The zero-order valence-electron chi connectivity index (χ0n) is 12.1. The Balaban J connectivity index is 2.27. The van der Waals surface area contributed by atoms with E-state index in [9.17, 15) is 4.39 Å². The third-order valence-corrected chi connectivity index (χ3v) is 4.73. The first-order valence-corrected chi connectivity index (χ1v) is 8.37. The van der Waals surface area contributed by atoms with E-state index in [1.807, 2.05) is 6.07 Å². The van der Waals surface area contributed by atoms with Crippen LogP contribution in [0.5, 0.6) is 0 Å². The van der Waals surface area contributed by atoms with Crippen molar-refractivity contribution in [2.45, 2.75) is 51.1 Å². The molecule has 0 aromatic heterocycles. The maximum atomic E-state index is 14.2. The standard InChI is InChI=1S/C16H24BrFN2/c1-2-5-13-6-3-4-9-20(13)16(11-19)14-10-12(17)7-8-15(14)18/h7-8,10,13,16H,2-6,9,11,19H2,1H3. The Bertz CT molecular complexity index is 436. The number of benzene rings is 1. The molecule has 1 aromatic carbocycles. The number of piperidine rings is 1. The smallest absolute Gasteiger partial charge is 0.128 e. The van der Waals surface area contributed by atoms with E-state index >= 15 is 0 Å². The average Bonchev–Trinajstić information content (AvgIpc) is 2.45. The van der Waals surface area contributed by atoms with Crippen molar-refractivity contribution in [1.82, 2.24) is 4.90 Å². The van der Waals surface area contributed by atoms with Gasteiger partial charge in [0.25, 0.3) is 0 Å². The summed E-state index contributed by atoms with van der Waals surface area (Å²) >= 11 is 3.44. The van der Waals surface area contributed by atoms with Crippen molar-refractivity contribution in [3.63, 3.8) is 0 Å². The predicted molar refractivity (Wildman–Crippen MR) is 85.1 cm³/mol. The Morgan fingerprint density at radius 2 is 2.25 bits per heavy atom. The van der Waals surface area contributed by atoms with Gasteiger partial charge in [-0.15, -0.1) is 0 Å². The monoisotopic (exact) mass is 342 g/mol. The normalized spacial score (nSPS) is 21.9. The van der Waals surface area contributed by atoms with Crippen molar-refractivity contribution in [3.05, 3.63) is 34.1 Å². The lowest BCUT2D eigenvalue weighted by Gasteiger charge is -2.41. The van der Waals surface area contributed by atoms with E-state index in [1.54, 1.807) is 6.07 Å². The topological polar surface area (TPSA) is 29.3 Å². The van der Waals surface area contributed by atoms with Gasteiger partial charge in [0.15, 0.2) is 0 Å². The molecule has 2 nitrogen and oxygen atoms in total. The second kappa shape index (κ2) is 7.53. The fourth-order valence-corrected chi connectivity index (χ4v) is 3.67. The summed E-state index contributed by atoms with van der Waals surface area (Å²) in [5.74, 6) is -0.149. The molecule has 20 heavy (non-hydrogen) atoms. The quantitative estimate of drug-likeness (QED) is 0.866. The molecule has 1 saturated heterocycles. The predicted octanol–water partition coefficient (Wildman–Crippen LogP) is 4.24. The third kappa shape index (κ3) is 3.60. The highest BCUT2D eigenvalue weighted by molar-refractivity contribution is 9.10. The van der Waals surface area contributed by atoms with Crippen LogP contribution in [-0.4, -0.2) is 24.0 Å². The van der Waals surface area contributed by atoms with Crippen molar-refractivity contribution in [2.24, 2.45) is 5.73 Å². The van der Waals surface area contributed by atoms with Crippen LogP contribution in [0.1, 0.15) is 50.6 Å². The molecular weight excluding hydrogens is 319 g/mol. The third-order valence-electron chi connectivity index (χ3n) is 4.24. The molecule has 1 aliphatic rings. The minimum absolute atomic E-state index is 0.00986. The molecule has 0 saturated carbocycles. The van der Waals surface area contributed by atoms with E-state index in [1.165, 1.54) is 38.2 Å². The number of hydrogen-bond donors (Lipinski definition) is 1. The van der Waals surface area contributed by atoms with Gasteiger partial charge in [-0.25, -0.2) is 4.39 Å². The van der Waals surface area contributed by atoms with Crippen LogP contribution in [0.25, 0.3) is 0 Å². The Hall–Kier alpha value is -0.450. The van der Waals surface area contributed by atoms with Crippen LogP contribution in [-0.2, 0) is 0 Å². The summed E-state index contributed by atoms with van der Waals surface area (Å²) in [6.45, 7) is 3.70. The summed E-state index contributed by atoms with van der Waals surface area (Å²) in [5.41, 5.74) is 6.72. The fraction of sp³-hybridized carbons (Fsp3) is 0.625. The zero-order valence-corrected chi connectivity index (χ0v) is 13.7. The van der Waals surface area contributed by atoms with Gasteiger partial charge in [-0.1, -0.05) is 35.7 Å². The van der Waals surface area contributed by atoms with E-state index in [0.29, 0.717) is 12.6 Å². The lowest BCUT2D eigenvalue weighted by molar-refractivity contribution is 0.0894. The Morgan fingerprint density at radius 1 is 1.45 bits per heavy atom. The molecule has 2 N–H and O–H groups in total. The van der Waals surface area contributed by atoms with Gasteiger partial charge in [0.05, 0.1) is 6.04 Å². The van der Waals surface area contributed by atoms with Crippen LogP contribution in [0.4, 0.5) is 4.39 Å². The molecule has 4 heteroatoms. The molecule has 1 aromatic rings. The summed E-state index contributed by atoms with van der Waals surface area (Å²) in [4.78, 5) is 2.43. The number of hydrogen-bond acceptors (Lipinski definition) is 2. The molecule has 112 valence electrons. The van der Waals surface area contributed by atoms with E-state index in [0.717, 1.165) is 16.6 Å². The number of nitrogens with two attached hydrogens (primary N) is 1. The fourth-order valence-electron chi connectivity index (χ4n) is 3.29.